The summed E-state index contributed by atoms with van der Waals surface area (Å²) in [6, 6.07) is 7.38. The van der Waals surface area contributed by atoms with Crippen molar-refractivity contribution < 1.29 is 14.3 Å². The Hall–Kier alpha value is -2.04. The van der Waals surface area contributed by atoms with Crippen LogP contribution in [0, 0.1) is 0 Å². The molecule has 1 fully saturated rings. The molecule has 0 N–H and O–H groups in total. The zero-order valence-corrected chi connectivity index (χ0v) is 11.3. The van der Waals surface area contributed by atoms with Gasteiger partial charge in [-0.15, -0.1) is 0 Å². The van der Waals surface area contributed by atoms with Crippen LogP contribution in [0.25, 0.3) is 0 Å². The van der Waals surface area contributed by atoms with Crippen molar-refractivity contribution in [2.24, 2.45) is 0 Å². The van der Waals surface area contributed by atoms with E-state index in [4.69, 9.17) is 4.74 Å². The van der Waals surface area contributed by atoms with Crippen LogP contribution in [0.3, 0.4) is 0 Å². The number of amides is 1. The molecule has 1 aliphatic rings. The first-order chi connectivity index (χ1) is 9.11. The lowest BCUT2D eigenvalue weighted by molar-refractivity contribution is -0.129. The van der Waals surface area contributed by atoms with E-state index in [1.807, 2.05) is 23.1 Å². The molecule has 0 aliphatic carbocycles. The standard InChI is InChI=1S/C14H18N2O3/c1-11(17)15-6-8-16(9-7-15)13-5-3-4-12(10-13)14(18)19-2/h3-5,10H,6-9H2,1-2H3. The highest BCUT2D eigenvalue weighted by Crippen LogP contribution is 2.18. The summed E-state index contributed by atoms with van der Waals surface area (Å²) in [5, 5.41) is 0. The van der Waals surface area contributed by atoms with E-state index < -0.39 is 0 Å². The number of nitrogens with zero attached hydrogens (tertiary/aromatic N) is 2. The second-order valence-corrected chi connectivity index (χ2v) is 4.54. The number of esters is 1. The molecule has 0 aromatic heterocycles. The monoisotopic (exact) mass is 262 g/mol. The Bertz CT molecular complexity index is 479. The summed E-state index contributed by atoms with van der Waals surface area (Å²) in [5.41, 5.74) is 1.54. The molecule has 0 spiro atoms. The number of hydrogen-bond donors (Lipinski definition) is 0. The fraction of sp³-hybridized carbons (Fsp3) is 0.429. The lowest BCUT2D eigenvalue weighted by Gasteiger charge is -2.35. The van der Waals surface area contributed by atoms with Gasteiger partial charge in [-0.2, -0.15) is 0 Å². The average Bonchev–Trinajstić information content (AvgIpc) is 2.46. The zero-order chi connectivity index (χ0) is 13.8. The van der Waals surface area contributed by atoms with Crippen molar-refractivity contribution in [1.82, 2.24) is 4.90 Å². The highest BCUT2D eigenvalue weighted by Gasteiger charge is 2.19. The van der Waals surface area contributed by atoms with Crippen LogP contribution < -0.4 is 4.90 Å². The minimum Gasteiger partial charge on any atom is -0.465 e. The summed E-state index contributed by atoms with van der Waals surface area (Å²) in [5.74, 6) is -0.216. The highest BCUT2D eigenvalue weighted by molar-refractivity contribution is 5.90. The topological polar surface area (TPSA) is 49.9 Å². The summed E-state index contributed by atoms with van der Waals surface area (Å²) < 4.78 is 4.72. The quantitative estimate of drug-likeness (QED) is 0.750. The van der Waals surface area contributed by atoms with Gasteiger partial charge < -0.3 is 14.5 Å². The summed E-state index contributed by atoms with van der Waals surface area (Å²) in [4.78, 5) is 26.8. The third-order valence-electron chi connectivity index (χ3n) is 3.36. The van der Waals surface area contributed by atoms with Gasteiger partial charge in [0.15, 0.2) is 0 Å². The fourth-order valence-electron chi connectivity index (χ4n) is 2.23. The van der Waals surface area contributed by atoms with Gasteiger partial charge in [0, 0.05) is 38.8 Å². The van der Waals surface area contributed by atoms with Crippen molar-refractivity contribution >= 4 is 17.6 Å². The van der Waals surface area contributed by atoms with Crippen LogP contribution in [0.15, 0.2) is 24.3 Å². The Morgan fingerprint density at radius 2 is 1.84 bits per heavy atom. The van der Waals surface area contributed by atoms with Gasteiger partial charge in [-0.25, -0.2) is 4.79 Å². The van der Waals surface area contributed by atoms with E-state index >= 15 is 0 Å². The maximum absolute atomic E-state index is 11.5. The predicted molar refractivity (Wildman–Crippen MR) is 72.2 cm³/mol. The van der Waals surface area contributed by atoms with Crippen LogP contribution in [-0.2, 0) is 9.53 Å². The smallest absolute Gasteiger partial charge is 0.337 e. The highest BCUT2D eigenvalue weighted by atomic mass is 16.5. The maximum atomic E-state index is 11.5. The lowest BCUT2D eigenvalue weighted by atomic mass is 10.1. The largest absolute Gasteiger partial charge is 0.465 e. The Labute approximate surface area is 112 Å². The summed E-state index contributed by atoms with van der Waals surface area (Å²) in [7, 11) is 1.38. The van der Waals surface area contributed by atoms with Crippen molar-refractivity contribution in [1.29, 1.82) is 0 Å². The molecule has 1 aromatic carbocycles. The van der Waals surface area contributed by atoms with E-state index in [0.717, 1.165) is 31.9 Å². The van der Waals surface area contributed by atoms with E-state index in [0.29, 0.717) is 5.56 Å². The third kappa shape index (κ3) is 3.05. The first-order valence-electron chi connectivity index (χ1n) is 6.30. The van der Waals surface area contributed by atoms with Gasteiger partial charge in [0.25, 0.3) is 0 Å². The number of benzene rings is 1. The molecule has 1 aliphatic heterocycles. The maximum Gasteiger partial charge on any atom is 0.337 e. The molecule has 2 rings (SSSR count). The number of anilines is 1. The van der Waals surface area contributed by atoms with Crippen molar-refractivity contribution in [2.75, 3.05) is 38.2 Å². The molecule has 0 bridgehead atoms. The molecular formula is C14H18N2O3. The van der Waals surface area contributed by atoms with Gasteiger partial charge in [0.1, 0.15) is 0 Å². The molecule has 5 nitrogen and oxygen atoms in total. The second kappa shape index (κ2) is 5.73. The number of carbonyl (C=O) groups is 2. The molecule has 1 saturated heterocycles. The Kier molecular flexibility index (Phi) is 4.04. The number of piperazine rings is 1. The van der Waals surface area contributed by atoms with Crippen LogP contribution >= 0.6 is 0 Å². The number of ether oxygens (including phenoxy) is 1. The Morgan fingerprint density at radius 1 is 1.16 bits per heavy atom. The zero-order valence-electron chi connectivity index (χ0n) is 11.3. The van der Waals surface area contributed by atoms with E-state index in [9.17, 15) is 9.59 Å². The first-order valence-corrected chi connectivity index (χ1v) is 6.30. The summed E-state index contributed by atoms with van der Waals surface area (Å²) in [6.07, 6.45) is 0. The van der Waals surface area contributed by atoms with Crippen LogP contribution in [-0.4, -0.2) is 50.1 Å². The molecule has 102 valence electrons. The molecule has 1 aromatic rings. The van der Waals surface area contributed by atoms with Crippen LogP contribution in [0.5, 0.6) is 0 Å². The normalized spacial score (nSPS) is 15.3. The minimum atomic E-state index is -0.329. The molecule has 1 amide bonds. The SMILES string of the molecule is COC(=O)c1cccc(N2CCN(C(C)=O)CC2)c1. The third-order valence-corrected chi connectivity index (χ3v) is 3.36. The predicted octanol–water partition coefficient (Wildman–Crippen LogP) is 1.14. The van der Waals surface area contributed by atoms with Gasteiger partial charge >= 0.3 is 5.97 Å². The number of hydrogen-bond acceptors (Lipinski definition) is 4. The van der Waals surface area contributed by atoms with Crippen LogP contribution in [0.1, 0.15) is 17.3 Å². The summed E-state index contributed by atoms with van der Waals surface area (Å²) >= 11 is 0. The Balaban J connectivity index is 2.07. The molecular weight excluding hydrogens is 244 g/mol. The molecule has 0 unspecified atom stereocenters. The van der Waals surface area contributed by atoms with Gasteiger partial charge in [-0.3, -0.25) is 4.79 Å². The molecule has 19 heavy (non-hydrogen) atoms. The van der Waals surface area contributed by atoms with Gasteiger partial charge in [0.05, 0.1) is 12.7 Å². The molecule has 0 radical (unpaired) electrons. The summed E-state index contributed by atoms with van der Waals surface area (Å²) in [6.45, 7) is 4.59. The van der Waals surface area contributed by atoms with Crippen molar-refractivity contribution in [3.05, 3.63) is 29.8 Å². The fourth-order valence-corrected chi connectivity index (χ4v) is 2.23. The van der Waals surface area contributed by atoms with E-state index in [2.05, 4.69) is 4.90 Å². The molecule has 0 atom stereocenters. The van der Waals surface area contributed by atoms with E-state index in [1.54, 1.807) is 13.0 Å². The average molecular weight is 262 g/mol. The molecule has 1 heterocycles. The Morgan fingerprint density at radius 3 is 2.42 bits per heavy atom. The number of methoxy groups -OCH3 is 1. The van der Waals surface area contributed by atoms with Gasteiger partial charge in [0.2, 0.25) is 5.91 Å². The second-order valence-electron chi connectivity index (χ2n) is 4.54. The van der Waals surface area contributed by atoms with Gasteiger partial charge in [-0.1, -0.05) is 6.07 Å². The van der Waals surface area contributed by atoms with Crippen molar-refractivity contribution in [3.63, 3.8) is 0 Å². The molecule has 5 heteroatoms. The van der Waals surface area contributed by atoms with E-state index in [1.165, 1.54) is 7.11 Å². The van der Waals surface area contributed by atoms with Crippen LogP contribution in [0.2, 0.25) is 0 Å². The molecule has 0 saturated carbocycles. The minimum absolute atomic E-state index is 0.114. The van der Waals surface area contributed by atoms with Crippen molar-refractivity contribution in [2.45, 2.75) is 6.92 Å². The number of rotatable bonds is 2. The van der Waals surface area contributed by atoms with Gasteiger partial charge in [-0.05, 0) is 18.2 Å². The van der Waals surface area contributed by atoms with Crippen LogP contribution in [0.4, 0.5) is 5.69 Å². The lowest BCUT2D eigenvalue weighted by Crippen LogP contribution is -2.48. The van der Waals surface area contributed by atoms with Crippen molar-refractivity contribution in [3.8, 4) is 0 Å². The number of carbonyl (C=O) groups excluding carboxylic acids is 2. The first kappa shape index (κ1) is 13.4. The van der Waals surface area contributed by atoms with E-state index in [-0.39, 0.29) is 11.9 Å².